The summed E-state index contributed by atoms with van der Waals surface area (Å²) < 4.78 is 4.60. The summed E-state index contributed by atoms with van der Waals surface area (Å²) in [4.78, 5) is 10.2. The predicted octanol–water partition coefficient (Wildman–Crippen LogP) is 0.489. The smallest absolute Gasteiger partial charge is 0.404 e. The van der Waals surface area contributed by atoms with Gasteiger partial charge in [-0.15, -0.1) is 0 Å². The number of hydrogen-bond donors (Lipinski definition) is 2. The Bertz CT molecular complexity index is 125. The molecular weight excluding hydrogens is 146 g/mol. The van der Waals surface area contributed by atoms with Gasteiger partial charge in [-0.05, 0) is 12.3 Å². The molecule has 1 atom stereocenters. The molecular formula is C7H15NO3. The Balaban J connectivity index is 3.66. The average molecular weight is 161 g/mol. The van der Waals surface area contributed by atoms with Gasteiger partial charge < -0.3 is 15.6 Å². The zero-order valence-corrected chi connectivity index (χ0v) is 6.91. The lowest BCUT2D eigenvalue weighted by Crippen LogP contribution is -2.26. The van der Waals surface area contributed by atoms with Gasteiger partial charge in [-0.3, -0.25) is 0 Å². The second kappa shape index (κ2) is 4.96. The highest BCUT2D eigenvalue weighted by atomic mass is 16.6. The van der Waals surface area contributed by atoms with Gasteiger partial charge in [0, 0.05) is 0 Å². The summed E-state index contributed by atoms with van der Waals surface area (Å²) in [6.07, 6.45) is -0.642. The van der Waals surface area contributed by atoms with Crippen LogP contribution in [0.3, 0.4) is 0 Å². The zero-order valence-electron chi connectivity index (χ0n) is 6.91. The fourth-order valence-electron chi connectivity index (χ4n) is 0.850. The molecule has 0 bridgehead atoms. The van der Waals surface area contributed by atoms with Crippen molar-refractivity contribution in [3.63, 3.8) is 0 Å². The van der Waals surface area contributed by atoms with E-state index in [1.807, 2.05) is 13.8 Å². The highest BCUT2D eigenvalue weighted by molar-refractivity contribution is 5.64. The Hall–Kier alpha value is -0.770. The number of carbonyl (C=O) groups excluding carboxylic acids is 1. The van der Waals surface area contributed by atoms with Crippen molar-refractivity contribution in [2.75, 3.05) is 6.61 Å². The van der Waals surface area contributed by atoms with Crippen molar-refractivity contribution in [2.45, 2.75) is 26.4 Å². The van der Waals surface area contributed by atoms with Crippen LogP contribution in [0.4, 0.5) is 4.79 Å². The maximum Gasteiger partial charge on any atom is 0.404 e. The summed E-state index contributed by atoms with van der Waals surface area (Å²) in [6.45, 7) is 3.79. The molecule has 4 heteroatoms. The molecule has 1 amide bonds. The monoisotopic (exact) mass is 161 g/mol. The van der Waals surface area contributed by atoms with E-state index in [1.54, 1.807) is 0 Å². The van der Waals surface area contributed by atoms with E-state index in [9.17, 15) is 4.79 Å². The van der Waals surface area contributed by atoms with Crippen molar-refractivity contribution in [2.24, 2.45) is 11.7 Å². The van der Waals surface area contributed by atoms with Crippen molar-refractivity contribution in [1.82, 2.24) is 0 Å². The van der Waals surface area contributed by atoms with Gasteiger partial charge in [0.05, 0.1) is 6.61 Å². The first-order valence-corrected chi connectivity index (χ1v) is 3.63. The van der Waals surface area contributed by atoms with Crippen LogP contribution in [-0.4, -0.2) is 23.9 Å². The number of nitrogens with two attached hydrogens (primary N) is 1. The fourth-order valence-corrected chi connectivity index (χ4v) is 0.850. The number of aliphatic hydroxyl groups is 1. The van der Waals surface area contributed by atoms with Crippen LogP contribution in [0.2, 0.25) is 0 Å². The van der Waals surface area contributed by atoms with Crippen LogP contribution in [-0.2, 0) is 4.74 Å². The molecule has 66 valence electrons. The minimum Gasteiger partial charge on any atom is -0.444 e. The largest absolute Gasteiger partial charge is 0.444 e. The molecule has 0 saturated carbocycles. The summed E-state index contributed by atoms with van der Waals surface area (Å²) in [6, 6.07) is 0. The summed E-state index contributed by atoms with van der Waals surface area (Å²) in [5.41, 5.74) is 4.77. The third kappa shape index (κ3) is 5.66. The van der Waals surface area contributed by atoms with E-state index in [0.29, 0.717) is 12.3 Å². The van der Waals surface area contributed by atoms with Crippen LogP contribution in [0.5, 0.6) is 0 Å². The first-order valence-electron chi connectivity index (χ1n) is 3.63. The van der Waals surface area contributed by atoms with Crippen LogP contribution < -0.4 is 5.73 Å². The summed E-state index contributed by atoms with van der Waals surface area (Å²) >= 11 is 0. The minimum atomic E-state index is -0.829. The van der Waals surface area contributed by atoms with E-state index in [1.165, 1.54) is 0 Å². The van der Waals surface area contributed by atoms with Crippen molar-refractivity contribution in [1.29, 1.82) is 0 Å². The van der Waals surface area contributed by atoms with Crippen molar-refractivity contribution >= 4 is 6.09 Å². The Morgan fingerprint density at radius 2 is 2.18 bits per heavy atom. The molecule has 0 unspecified atom stereocenters. The molecule has 0 radical (unpaired) electrons. The number of carbonyl (C=O) groups is 1. The van der Waals surface area contributed by atoms with E-state index in [-0.39, 0.29) is 6.61 Å². The molecule has 0 saturated heterocycles. The number of amides is 1. The Labute approximate surface area is 66.3 Å². The van der Waals surface area contributed by atoms with E-state index in [0.717, 1.165) is 0 Å². The Kier molecular flexibility index (Phi) is 4.61. The van der Waals surface area contributed by atoms with Gasteiger partial charge in [0.15, 0.2) is 0 Å². The van der Waals surface area contributed by atoms with Crippen LogP contribution in [0.25, 0.3) is 0 Å². The number of hydrogen-bond acceptors (Lipinski definition) is 3. The molecule has 0 heterocycles. The molecule has 0 aliphatic heterocycles. The molecule has 0 aromatic rings. The lowest BCUT2D eigenvalue weighted by atomic mass is 10.1. The Morgan fingerprint density at radius 1 is 1.64 bits per heavy atom. The predicted molar refractivity (Wildman–Crippen MR) is 41.0 cm³/mol. The third-order valence-electron chi connectivity index (χ3n) is 1.22. The van der Waals surface area contributed by atoms with Crippen molar-refractivity contribution < 1.29 is 14.6 Å². The fraction of sp³-hybridized carbons (Fsp3) is 0.857. The van der Waals surface area contributed by atoms with Gasteiger partial charge in [-0.1, -0.05) is 13.8 Å². The molecule has 0 aromatic heterocycles. The molecule has 0 aliphatic carbocycles. The zero-order chi connectivity index (χ0) is 8.85. The highest BCUT2D eigenvalue weighted by Gasteiger charge is 2.12. The van der Waals surface area contributed by atoms with Crippen LogP contribution >= 0.6 is 0 Å². The van der Waals surface area contributed by atoms with E-state index in [4.69, 9.17) is 10.8 Å². The summed E-state index contributed by atoms with van der Waals surface area (Å²) in [5, 5.41) is 8.69. The molecule has 0 rings (SSSR count). The third-order valence-corrected chi connectivity index (χ3v) is 1.22. The molecule has 0 spiro atoms. The summed E-state index contributed by atoms with van der Waals surface area (Å²) in [5.74, 6) is 0.381. The Morgan fingerprint density at radius 3 is 2.45 bits per heavy atom. The van der Waals surface area contributed by atoms with Gasteiger partial charge in [-0.2, -0.15) is 0 Å². The van der Waals surface area contributed by atoms with Crippen LogP contribution in [0.1, 0.15) is 20.3 Å². The number of rotatable bonds is 4. The average Bonchev–Trinajstić information content (AvgIpc) is 1.84. The maximum atomic E-state index is 10.2. The SMILES string of the molecule is CC(C)C[C@@H](CO)OC(N)=O. The second-order valence-electron chi connectivity index (χ2n) is 2.87. The van der Waals surface area contributed by atoms with Crippen molar-refractivity contribution in [3.8, 4) is 0 Å². The highest BCUT2D eigenvalue weighted by Crippen LogP contribution is 2.07. The van der Waals surface area contributed by atoms with E-state index in [2.05, 4.69) is 4.74 Å². The lowest BCUT2D eigenvalue weighted by Gasteiger charge is -2.15. The molecule has 3 N–H and O–H groups in total. The molecule has 0 aliphatic rings. The quantitative estimate of drug-likeness (QED) is 0.630. The minimum absolute atomic E-state index is 0.166. The van der Waals surface area contributed by atoms with Gasteiger partial charge >= 0.3 is 6.09 Å². The maximum absolute atomic E-state index is 10.2. The number of aliphatic hydroxyl groups excluding tert-OH is 1. The first kappa shape index (κ1) is 10.2. The molecule has 4 nitrogen and oxygen atoms in total. The molecule has 0 aromatic carbocycles. The van der Waals surface area contributed by atoms with Gasteiger partial charge in [-0.25, -0.2) is 4.79 Å². The van der Waals surface area contributed by atoms with Gasteiger partial charge in [0.2, 0.25) is 0 Å². The topological polar surface area (TPSA) is 72.6 Å². The lowest BCUT2D eigenvalue weighted by molar-refractivity contribution is 0.0514. The van der Waals surface area contributed by atoms with Crippen LogP contribution in [0.15, 0.2) is 0 Å². The van der Waals surface area contributed by atoms with E-state index < -0.39 is 12.2 Å². The van der Waals surface area contributed by atoms with Crippen LogP contribution in [0, 0.1) is 5.92 Å². The second-order valence-corrected chi connectivity index (χ2v) is 2.87. The number of primary amides is 1. The normalized spacial score (nSPS) is 13.1. The first-order chi connectivity index (χ1) is 5.06. The summed E-state index contributed by atoms with van der Waals surface area (Å²) in [7, 11) is 0. The van der Waals surface area contributed by atoms with E-state index >= 15 is 0 Å². The number of ether oxygens (including phenoxy) is 1. The van der Waals surface area contributed by atoms with Crippen molar-refractivity contribution in [3.05, 3.63) is 0 Å². The molecule has 11 heavy (non-hydrogen) atoms. The molecule has 0 fully saturated rings. The standard InChI is InChI=1S/C7H15NO3/c1-5(2)3-6(4-9)11-7(8)10/h5-6,9H,3-4H2,1-2H3,(H2,8,10)/t6-/m0/s1. The van der Waals surface area contributed by atoms with Gasteiger partial charge in [0.25, 0.3) is 0 Å². The van der Waals surface area contributed by atoms with Gasteiger partial charge in [0.1, 0.15) is 6.10 Å².